The van der Waals surface area contributed by atoms with Crippen molar-refractivity contribution < 1.29 is 9.90 Å². The molecule has 1 saturated heterocycles. The van der Waals surface area contributed by atoms with Gasteiger partial charge in [-0.2, -0.15) is 0 Å². The number of aliphatic hydroxyl groups is 1. The fourth-order valence-electron chi connectivity index (χ4n) is 3.92. The summed E-state index contributed by atoms with van der Waals surface area (Å²) in [6.45, 7) is 8.42. The van der Waals surface area contributed by atoms with E-state index in [1.807, 2.05) is 74.5 Å². The first kappa shape index (κ1) is 24.1. The molecule has 2 aromatic carbocycles. The SMILES string of the molecule is CCN1CCC(O)(/C=C/c2cccc(C)c2)C(C(=O)/C=C/c2cccc(C)c2)C1.Cl. The number of allylic oxidation sites excluding steroid dienone is 1. The summed E-state index contributed by atoms with van der Waals surface area (Å²) in [5.41, 5.74) is 3.24. The number of ketones is 1. The van der Waals surface area contributed by atoms with Crippen LogP contribution in [0.15, 0.2) is 60.7 Å². The molecular weight excluding hydrogens is 394 g/mol. The third-order valence-electron chi connectivity index (χ3n) is 5.75. The van der Waals surface area contributed by atoms with Crippen LogP contribution in [-0.4, -0.2) is 41.0 Å². The van der Waals surface area contributed by atoms with Crippen molar-refractivity contribution in [1.29, 1.82) is 0 Å². The molecule has 0 radical (unpaired) electrons. The smallest absolute Gasteiger partial charge is 0.163 e. The summed E-state index contributed by atoms with van der Waals surface area (Å²) in [4.78, 5) is 15.3. The molecule has 3 rings (SSSR count). The van der Waals surface area contributed by atoms with Crippen molar-refractivity contribution in [3.8, 4) is 0 Å². The van der Waals surface area contributed by atoms with Gasteiger partial charge in [-0.1, -0.05) is 84.8 Å². The number of benzene rings is 2. The molecule has 0 amide bonds. The van der Waals surface area contributed by atoms with E-state index in [0.717, 1.165) is 29.8 Å². The van der Waals surface area contributed by atoms with Crippen LogP contribution in [-0.2, 0) is 4.79 Å². The average molecular weight is 426 g/mol. The van der Waals surface area contributed by atoms with Crippen LogP contribution in [0.25, 0.3) is 12.2 Å². The van der Waals surface area contributed by atoms with Crippen LogP contribution in [0.4, 0.5) is 0 Å². The minimum Gasteiger partial charge on any atom is -0.385 e. The fraction of sp³-hybridized carbons (Fsp3) is 0.346. The molecule has 2 atom stereocenters. The van der Waals surface area contributed by atoms with Crippen LogP contribution in [0.5, 0.6) is 0 Å². The molecule has 1 aliphatic rings. The normalized spacial score (nSPS) is 22.3. The molecule has 0 bridgehead atoms. The second kappa shape index (κ2) is 10.7. The van der Waals surface area contributed by atoms with Crippen molar-refractivity contribution >= 4 is 30.3 Å². The highest BCUT2D eigenvalue weighted by Gasteiger charge is 2.42. The standard InChI is InChI=1S/C26H31NO2.ClH/c1-4-27-16-15-26(29,14-13-23-10-6-8-21(3)18-23)24(19-27)25(28)12-11-22-9-5-7-20(2)17-22;/h5-14,17-18,24,29H,4,15-16,19H2,1-3H3;1H/b12-11+,14-13+;. The third-order valence-corrected chi connectivity index (χ3v) is 5.75. The molecule has 30 heavy (non-hydrogen) atoms. The van der Waals surface area contributed by atoms with E-state index in [-0.39, 0.29) is 18.2 Å². The molecule has 1 N–H and O–H groups in total. The van der Waals surface area contributed by atoms with E-state index in [1.54, 1.807) is 6.08 Å². The molecule has 2 unspecified atom stereocenters. The summed E-state index contributed by atoms with van der Waals surface area (Å²) in [6.07, 6.45) is 7.81. The number of hydrogen-bond donors (Lipinski definition) is 1. The Labute approximate surface area is 186 Å². The summed E-state index contributed by atoms with van der Waals surface area (Å²) in [7, 11) is 0. The molecule has 2 aromatic rings. The van der Waals surface area contributed by atoms with Gasteiger partial charge in [-0.3, -0.25) is 4.79 Å². The quantitative estimate of drug-likeness (QED) is 0.655. The van der Waals surface area contributed by atoms with E-state index in [9.17, 15) is 9.90 Å². The van der Waals surface area contributed by atoms with E-state index in [0.29, 0.717) is 13.0 Å². The second-order valence-corrected chi connectivity index (χ2v) is 8.08. The molecule has 3 nitrogen and oxygen atoms in total. The number of halogens is 1. The second-order valence-electron chi connectivity index (χ2n) is 8.08. The summed E-state index contributed by atoms with van der Waals surface area (Å²) < 4.78 is 0. The number of hydrogen-bond acceptors (Lipinski definition) is 3. The molecule has 1 fully saturated rings. The van der Waals surface area contributed by atoms with Crippen molar-refractivity contribution in [2.75, 3.05) is 19.6 Å². The zero-order valence-electron chi connectivity index (χ0n) is 18.0. The zero-order chi connectivity index (χ0) is 20.9. The molecule has 4 heteroatoms. The van der Waals surface area contributed by atoms with Gasteiger partial charge in [0.25, 0.3) is 0 Å². The van der Waals surface area contributed by atoms with Gasteiger partial charge >= 0.3 is 0 Å². The molecule has 0 saturated carbocycles. The molecule has 1 heterocycles. The lowest BCUT2D eigenvalue weighted by Crippen LogP contribution is -2.53. The number of rotatable bonds is 6. The van der Waals surface area contributed by atoms with Gasteiger partial charge in [0.05, 0.1) is 11.5 Å². The highest BCUT2D eigenvalue weighted by atomic mass is 35.5. The number of aryl methyl sites for hydroxylation is 2. The summed E-state index contributed by atoms with van der Waals surface area (Å²) >= 11 is 0. The van der Waals surface area contributed by atoms with Crippen molar-refractivity contribution in [3.63, 3.8) is 0 Å². The van der Waals surface area contributed by atoms with Crippen molar-refractivity contribution in [1.82, 2.24) is 4.90 Å². The van der Waals surface area contributed by atoms with Gasteiger partial charge in [-0.05, 0) is 44.0 Å². The lowest BCUT2D eigenvalue weighted by Gasteiger charge is -2.41. The van der Waals surface area contributed by atoms with Crippen LogP contribution in [0.2, 0.25) is 0 Å². The van der Waals surface area contributed by atoms with E-state index in [4.69, 9.17) is 0 Å². The topological polar surface area (TPSA) is 40.5 Å². The highest BCUT2D eigenvalue weighted by molar-refractivity contribution is 5.96. The van der Waals surface area contributed by atoms with Gasteiger partial charge < -0.3 is 10.0 Å². The van der Waals surface area contributed by atoms with E-state index >= 15 is 0 Å². The largest absolute Gasteiger partial charge is 0.385 e. The Hall–Kier alpha value is -2.20. The number of likely N-dealkylation sites (tertiary alicyclic amines) is 1. The first-order valence-corrected chi connectivity index (χ1v) is 10.4. The van der Waals surface area contributed by atoms with E-state index in [2.05, 4.69) is 17.9 Å². The average Bonchev–Trinajstić information content (AvgIpc) is 2.71. The Morgan fingerprint density at radius 1 is 1.10 bits per heavy atom. The minimum atomic E-state index is -1.14. The van der Waals surface area contributed by atoms with Crippen molar-refractivity contribution in [2.45, 2.75) is 32.8 Å². The molecule has 0 spiro atoms. The number of piperidine rings is 1. The Bertz CT molecular complexity index is 921. The van der Waals surface area contributed by atoms with Gasteiger partial charge in [0.2, 0.25) is 0 Å². The Morgan fingerprint density at radius 2 is 1.70 bits per heavy atom. The predicted molar refractivity (Wildman–Crippen MR) is 128 cm³/mol. The van der Waals surface area contributed by atoms with Crippen molar-refractivity contribution in [2.24, 2.45) is 5.92 Å². The predicted octanol–water partition coefficient (Wildman–Crippen LogP) is 5.09. The fourth-order valence-corrected chi connectivity index (χ4v) is 3.92. The van der Waals surface area contributed by atoms with Crippen molar-refractivity contribution in [3.05, 3.63) is 82.9 Å². The number of carbonyl (C=O) groups excluding carboxylic acids is 1. The van der Waals surface area contributed by atoms with Gasteiger partial charge in [0.1, 0.15) is 0 Å². The maximum atomic E-state index is 13.1. The van der Waals surface area contributed by atoms with Crippen LogP contribution in [0.1, 0.15) is 35.6 Å². The van der Waals surface area contributed by atoms with Crippen LogP contribution in [0, 0.1) is 19.8 Å². The Morgan fingerprint density at radius 3 is 2.27 bits per heavy atom. The highest BCUT2D eigenvalue weighted by Crippen LogP contribution is 2.31. The Balaban J connectivity index is 0.00000320. The first-order chi connectivity index (χ1) is 13.9. The van der Waals surface area contributed by atoms with Gasteiger partial charge in [0.15, 0.2) is 5.78 Å². The zero-order valence-corrected chi connectivity index (χ0v) is 18.9. The molecule has 0 aliphatic carbocycles. The molecular formula is C26H32ClNO2. The van der Waals surface area contributed by atoms with E-state index in [1.165, 1.54) is 5.56 Å². The summed E-state index contributed by atoms with van der Waals surface area (Å²) in [5.74, 6) is -0.501. The maximum Gasteiger partial charge on any atom is 0.163 e. The summed E-state index contributed by atoms with van der Waals surface area (Å²) in [5, 5.41) is 11.4. The monoisotopic (exact) mass is 425 g/mol. The third kappa shape index (κ3) is 6.15. The maximum absolute atomic E-state index is 13.1. The van der Waals surface area contributed by atoms with Gasteiger partial charge in [-0.15, -0.1) is 12.4 Å². The lowest BCUT2D eigenvalue weighted by molar-refractivity contribution is -0.129. The summed E-state index contributed by atoms with van der Waals surface area (Å²) in [6, 6.07) is 16.2. The number of carbonyl (C=O) groups is 1. The number of nitrogens with zero attached hydrogens (tertiary/aromatic N) is 1. The van der Waals surface area contributed by atoms with Crippen LogP contribution < -0.4 is 0 Å². The Kier molecular flexibility index (Phi) is 8.60. The first-order valence-electron chi connectivity index (χ1n) is 10.4. The van der Waals surface area contributed by atoms with Crippen LogP contribution in [0.3, 0.4) is 0 Å². The molecule has 160 valence electrons. The van der Waals surface area contributed by atoms with Gasteiger partial charge in [-0.25, -0.2) is 0 Å². The van der Waals surface area contributed by atoms with E-state index < -0.39 is 11.5 Å². The molecule has 0 aromatic heterocycles. The molecule has 1 aliphatic heterocycles. The van der Waals surface area contributed by atoms with Crippen LogP contribution >= 0.6 is 12.4 Å². The lowest BCUT2D eigenvalue weighted by atomic mass is 9.77. The minimum absolute atomic E-state index is 0. The van der Waals surface area contributed by atoms with Gasteiger partial charge in [0, 0.05) is 13.1 Å².